The smallest absolute Gasteiger partial charge is 0.306 e. The summed E-state index contributed by atoms with van der Waals surface area (Å²) in [6.45, 7) is 1.61. The Morgan fingerprint density at radius 2 is 2.17 bits per heavy atom. The molecule has 1 aliphatic rings. The molecule has 0 aromatic heterocycles. The van der Waals surface area contributed by atoms with Crippen molar-refractivity contribution >= 4 is 23.5 Å². The Morgan fingerprint density at radius 3 is 2.91 bits per heavy atom. The quantitative estimate of drug-likeness (QED) is 0.769. The number of morpholine rings is 1. The molecule has 0 unspecified atom stereocenters. The number of carboxylic acid groups (broad SMARTS) is 1. The normalized spacial score (nSPS) is 17.8. The summed E-state index contributed by atoms with van der Waals surface area (Å²) in [5, 5.41) is 9.33. The van der Waals surface area contributed by atoms with Crippen LogP contribution in [0.15, 0.2) is 24.3 Å². The monoisotopic (exact) mass is 341 g/mol. The minimum Gasteiger partial charge on any atom is -0.492 e. The van der Waals surface area contributed by atoms with Crippen molar-refractivity contribution in [1.82, 2.24) is 4.90 Å². The van der Waals surface area contributed by atoms with Gasteiger partial charge < -0.3 is 19.5 Å². The van der Waals surface area contributed by atoms with Gasteiger partial charge in [0, 0.05) is 19.5 Å². The molecule has 1 heterocycles. The van der Waals surface area contributed by atoms with E-state index in [0.717, 1.165) is 0 Å². The number of para-hydroxylation sites is 1. The molecule has 23 heavy (non-hydrogen) atoms. The lowest BCUT2D eigenvalue weighted by Gasteiger charge is -2.32. The second kappa shape index (κ2) is 8.74. The highest BCUT2D eigenvalue weighted by Gasteiger charge is 2.25. The first-order chi connectivity index (χ1) is 11.1. The van der Waals surface area contributed by atoms with Crippen LogP contribution in [0.25, 0.3) is 0 Å². The van der Waals surface area contributed by atoms with Gasteiger partial charge in [0.15, 0.2) is 0 Å². The number of ether oxygens (including phenoxy) is 2. The Morgan fingerprint density at radius 1 is 1.39 bits per heavy atom. The van der Waals surface area contributed by atoms with Crippen molar-refractivity contribution < 1.29 is 24.2 Å². The highest BCUT2D eigenvalue weighted by atomic mass is 35.5. The van der Waals surface area contributed by atoms with Crippen LogP contribution >= 0.6 is 11.6 Å². The molecule has 1 amide bonds. The molecule has 0 bridgehead atoms. The molecule has 6 nitrogen and oxygen atoms in total. The topological polar surface area (TPSA) is 76.1 Å². The summed E-state index contributed by atoms with van der Waals surface area (Å²) in [5.74, 6) is -0.321. The Balaban J connectivity index is 1.70. The van der Waals surface area contributed by atoms with Crippen molar-refractivity contribution in [3.8, 4) is 5.75 Å². The first kappa shape index (κ1) is 17.6. The van der Waals surface area contributed by atoms with E-state index in [0.29, 0.717) is 49.9 Å². The van der Waals surface area contributed by atoms with Crippen LogP contribution in [0, 0.1) is 0 Å². The van der Waals surface area contributed by atoms with Gasteiger partial charge in [-0.2, -0.15) is 0 Å². The molecule has 1 N–H and O–H groups in total. The van der Waals surface area contributed by atoms with Crippen molar-refractivity contribution in [2.45, 2.75) is 25.4 Å². The minimum absolute atomic E-state index is 0.00792. The summed E-state index contributed by atoms with van der Waals surface area (Å²) in [7, 11) is 0. The zero-order valence-corrected chi connectivity index (χ0v) is 13.5. The van der Waals surface area contributed by atoms with Gasteiger partial charge in [0.1, 0.15) is 5.75 Å². The van der Waals surface area contributed by atoms with Gasteiger partial charge in [-0.15, -0.1) is 0 Å². The van der Waals surface area contributed by atoms with Gasteiger partial charge in [0.25, 0.3) is 0 Å². The Labute approximate surface area is 139 Å². The summed E-state index contributed by atoms with van der Waals surface area (Å²) in [6.07, 6.45) is 0.416. The number of hydrogen-bond acceptors (Lipinski definition) is 4. The zero-order valence-electron chi connectivity index (χ0n) is 12.7. The molecule has 1 fully saturated rings. The van der Waals surface area contributed by atoms with Gasteiger partial charge in [0.05, 0.1) is 30.8 Å². The van der Waals surface area contributed by atoms with E-state index < -0.39 is 12.1 Å². The highest BCUT2D eigenvalue weighted by molar-refractivity contribution is 6.32. The van der Waals surface area contributed by atoms with E-state index in [-0.39, 0.29) is 12.3 Å². The maximum Gasteiger partial charge on any atom is 0.306 e. The fourth-order valence-corrected chi connectivity index (χ4v) is 2.58. The minimum atomic E-state index is -0.919. The Kier molecular flexibility index (Phi) is 6.67. The van der Waals surface area contributed by atoms with E-state index in [9.17, 15) is 9.59 Å². The lowest BCUT2D eigenvalue weighted by atomic mass is 10.2. The molecule has 0 radical (unpaired) electrons. The van der Waals surface area contributed by atoms with Gasteiger partial charge in [-0.1, -0.05) is 23.7 Å². The van der Waals surface area contributed by atoms with Crippen LogP contribution in [0.3, 0.4) is 0 Å². The molecule has 0 spiro atoms. The number of carbonyl (C=O) groups is 2. The van der Waals surface area contributed by atoms with Crippen molar-refractivity contribution in [2.24, 2.45) is 0 Å². The van der Waals surface area contributed by atoms with Gasteiger partial charge in [-0.05, 0) is 18.6 Å². The van der Waals surface area contributed by atoms with Gasteiger partial charge in [-0.25, -0.2) is 0 Å². The Hall–Kier alpha value is -1.79. The van der Waals surface area contributed by atoms with E-state index in [1.165, 1.54) is 0 Å². The summed E-state index contributed by atoms with van der Waals surface area (Å²) >= 11 is 5.98. The molecule has 1 aliphatic heterocycles. The van der Waals surface area contributed by atoms with Crippen LogP contribution < -0.4 is 4.74 Å². The molecule has 1 atom stereocenters. The van der Waals surface area contributed by atoms with Crippen molar-refractivity contribution in [2.75, 3.05) is 26.3 Å². The Bertz CT molecular complexity index is 551. The summed E-state index contributed by atoms with van der Waals surface area (Å²) in [4.78, 5) is 24.5. The van der Waals surface area contributed by atoms with Crippen molar-refractivity contribution in [3.63, 3.8) is 0 Å². The molecule has 1 saturated heterocycles. The second-order valence-electron chi connectivity index (χ2n) is 5.31. The average Bonchev–Trinajstić information content (AvgIpc) is 2.52. The number of halogens is 1. The molecule has 0 saturated carbocycles. The maximum atomic E-state index is 12.1. The standard InChI is InChI=1S/C16H20ClNO5/c17-13-4-1-2-5-14(13)23-8-3-6-15(19)18-7-9-22-12(11-18)10-16(20)21/h1-2,4-5,12H,3,6-11H2,(H,20,21)/t12-/m1/s1. The predicted molar refractivity (Wildman–Crippen MR) is 84.8 cm³/mol. The van der Waals surface area contributed by atoms with Crippen LogP contribution in [0.2, 0.25) is 5.02 Å². The number of nitrogens with zero attached hydrogens (tertiary/aromatic N) is 1. The van der Waals surface area contributed by atoms with Crippen molar-refractivity contribution in [1.29, 1.82) is 0 Å². The third-order valence-electron chi connectivity index (χ3n) is 3.52. The molecule has 7 heteroatoms. The molecular formula is C16H20ClNO5. The third-order valence-corrected chi connectivity index (χ3v) is 3.84. The zero-order chi connectivity index (χ0) is 16.7. The molecule has 0 aliphatic carbocycles. The lowest BCUT2D eigenvalue weighted by Crippen LogP contribution is -2.46. The lowest BCUT2D eigenvalue weighted by molar-refractivity contribution is -0.147. The van der Waals surface area contributed by atoms with E-state index >= 15 is 0 Å². The molecule has 1 aromatic rings. The largest absolute Gasteiger partial charge is 0.492 e. The van der Waals surface area contributed by atoms with Crippen LogP contribution in [0.4, 0.5) is 0 Å². The molecule has 2 rings (SSSR count). The number of hydrogen-bond donors (Lipinski definition) is 1. The number of carbonyl (C=O) groups excluding carboxylic acids is 1. The van der Waals surface area contributed by atoms with Crippen LogP contribution in [-0.4, -0.2) is 54.3 Å². The first-order valence-corrected chi connectivity index (χ1v) is 7.92. The first-order valence-electron chi connectivity index (χ1n) is 7.55. The second-order valence-corrected chi connectivity index (χ2v) is 5.72. The average molecular weight is 342 g/mol. The predicted octanol–water partition coefficient (Wildman–Crippen LogP) is 2.20. The van der Waals surface area contributed by atoms with Gasteiger partial charge in [-0.3, -0.25) is 9.59 Å². The van der Waals surface area contributed by atoms with E-state index in [1.54, 1.807) is 17.0 Å². The summed E-state index contributed by atoms with van der Waals surface area (Å²) < 4.78 is 10.9. The van der Waals surface area contributed by atoms with Crippen molar-refractivity contribution in [3.05, 3.63) is 29.3 Å². The van der Waals surface area contributed by atoms with E-state index in [4.69, 9.17) is 26.2 Å². The SMILES string of the molecule is O=C(O)C[C@@H]1CN(C(=O)CCCOc2ccccc2Cl)CCO1. The number of amides is 1. The molecule has 126 valence electrons. The van der Waals surface area contributed by atoms with Crippen LogP contribution in [0.5, 0.6) is 5.75 Å². The third kappa shape index (κ3) is 5.73. The van der Waals surface area contributed by atoms with Gasteiger partial charge >= 0.3 is 5.97 Å². The number of benzene rings is 1. The number of carboxylic acids is 1. The van der Waals surface area contributed by atoms with Crippen LogP contribution in [-0.2, 0) is 14.3 Å². The fraction of sp³-hybridized carbons (Fsp3) is 0.500. The number of aliphatic carboxylic acids is 1. The molecule has 1 aromatic carbocycles. The van der Waals surface area contributed by atoms with E-state index in [2.05, 4.69) is 0 Å². The number of rotatable bonds is 7. The fourth-order valence-electron chi connectivity index (χ4n) is 2.39. The summed E-state index contributed by atoms with van der Waals surface area (Å²) in [6, 6.07) is 7.19. The van der Waals surface area contributed by atoms with Crippen LogP contribution in [0.1, 0.15) is 19.3 Å². The summed E-state index contributed by atoms with van der Waals surface area (Å²) in [5.41, 5.74) is 0. The molecular weight excluding hydrogens is 322 g/mol. The van der Waals surface area contributed by atoms with E-state index in [1.807, 2.05) is 12.1 Å². The highest BCUT2D eigenvalue weighted by Crippen LogP contribution is 2.23. The van der Waals surface area contributed by atoms with Gasteiger partial charge in [0.2, 0.25) is 5.91 Å². The maximum absolute atomic E-state index is 12.1.